The molecule has 38 heavy (non-hydrogen) atoms. The number of likely N-dealkylation sites (N-methyl/N-ethyl adjacent to an activating group) is 1. The number of piperazine rings is 1. The lowest BCUT2D eigenvalue weighted by molar-refractivity contribution is -0.116. The van der Waals surface area contributed by atoms with E-state index in [-0.39, 0.29) is 23.1 Å². The second kappa shape index (κ2) is 11.1. The number of hydrogen-bond acceptors (Lipinski definition) is 6. The van der Waals surface area contributed by atoms with Gasteiger partial charge in [0.1, 0.15) is 17.2 Å². The second-order valence-electron chi connectivity index (χ2n) is 9.62. The number of aryl methyl sites for hydroxylation is 1. The summed E-state index contributed by atoms with van der Waals surface area (Å²) in [5, 5.41) is 9.81. The van der Waals surface area contributed by atoms with Gasteiger partial charge in [-0.2, -0.15) is 0 Å². The van der Waals surface area contributed by atoms with E-state index in [2.05, 4.69) is 43.0 Å². The minimum atomic E-state index is -0.477. The molecule has 1 unspecified atom stereocenters. The molecule has 0 bridgehead atoms. The zero-order valence-corrected chi connectivity index (χ0v) is 21.9. The summed E-state index contributed by atoms with van der Waals surface area (Å²) in [6, 6.07) is 13.2. The molecule has 2 aliphatic heterocycles. The molecule has 1 saturated heterocycles. The SMILES string of the molecule is CNC(=O)C1=C(Oc2ccc3[nH]c(C)cc3c2F)C(C)CC=CN=C1Nc1ccc(N2CCNCC2)cc1. The Morgan fingerprint density at radius 2 is 1.92 bits per heavy atom. The van der Waals surface area contributed by atoms with Crippen molar-refractivity contribution in [1.82, 2.24) is 15.6 Å². The van der Waals surface area contributed by atoms with Gasteiger partial charge in [0.25, 0.3) is 5.91 Å². The van der Waals surface area contributed by atoms with Crippen LogP contribution < -0.4 is 25.6 Å². The first-order valence-electron chi connectivity index (χ1n) is 12.9. The van der Waals surface area contributed by atoms with Crippen LogP contribution in [0.25, 0.3) is 10.9 Å². The van der Waals surface area contributed by atoms with Gasteiger partial charge in [0.15, 0.2) is 11.6 Å². The van der Waals surface area contributed by atoms with Crippen LogP contribution >= 0.6 is 0 Å². The lowest BCUT2D eigenvalue weighted by atomic mass is 9.98. The van der Waals surface area contributed by atoms with Crippen LogP contribution in [0, 0.1) is 18.7 Å². The monoisotopic (exact) mass is 516 g/mol. The minimum absolute atomic E-state index is 0.0593. The van der Waals surface area contributed by atoms with Crippen molar-refractivity contribution in [3.63, 3.8) is 0 Å². The highest BCUT2D eigenvalue weighted by Crippen LogP contribution is 2.32. The van der Waals surface area contributed by atoms with Crippen LogP contribution in [0.15, 0.2) is 71.1 Å². The highest BCUT2D eigenvalue weighted by atomic mass is 19.1. The number of halogens is 1. The van der Waals surface area contributed by atoms with Gasteiger partial charge in [0.05, 0.1) is 0 Å². The molecule has 3 aromatic rings. The normalized spacial score (nSPS) is 18.2. The molecule has 1 aromatic heterocycles. The van der Waals surface area contributed by atoms with Gasteiger partial charge in [0.2, 0.25) is 0 Å². The Labute approximate surface area is 221 Å². The van der Waals surface area contributed by atoms with E-state index in [0.717, 1.165) is 43.2 Å². The predicted octanol–water partition coefficient (Wildman–Crippen LogP) is 4.47. The zero-order chi connectivity index (χ0) is 26.6. The number of aliphatic imine (C=N–C) groups is 1. The van der Waals surface area contributed by atoms with Gasteiger partial charge in [0, 0.05) is 73.3 Å². The van der Waals surface area contributed by atoms with Crippen molar-refractivity contribution >= 4 is 34.0 Å². The molecule has 8 nitrogen and oxygen atoms in total. The molecule has 1 amide bonds. The number of nitrogens with one attached hydrogen (secondary N) is 4. The molecule has 0 saturated carbocycles. The topological polar surface area (TPSA) is 93.8 Å². The molecule has 198 valence electrons. The number of H-pyrrole nitrogens is 1. The first-order chi connectivity index (χ1) is 18.4. The summed E-state index contributed by atoms with van der Waals surface area (Å²) in [5.74, 6) is -0.313. The third kappa shape index (κ3) is 5.28. The van der Waals surface area contributed by atoms with Crippen LogP contribution in [-0.4, -0.2) is 50.0 Å². The number of allylic oxidation sites excluding steroid dienone is 2. The van der Waals surface area contributed by atoms with Gasteiger partial charge in [-0.1, -0.05) is 13.0 Å². The molecule has 3 heterocycles. The number of aromatic amines is 1. The highest BCUT2D eigenvalue weighted by Gasteiger charge is 2.28. The number of amides is 1. The van der Waals surface area contributed by atoms with E-state index in [1.807, 2.05) is 32.1 Å². The molecular formula is C29H33FN6O2. The number of hydrogen-bond donors (Lipinski definition) is 4. The summed E-state index contributed by atoms with van der Waals surface area (Å²) < 4.78 is 21.7. The Kier molecular flexibility index (Phi) is 7.46. The Morgan fingerprint density at radius 3 is 2.66 bits per heavy atom. The van der Waals surface area contributed by atoms with Crippen molar-refractivity contribution in [3.05, 3.63) is 77.6 Å². The standard InChI is InChI=1S/C29H33FN6O2/c1-18-5-4-12-33-28(35-20-6-8-21(9-7-20)36-15-13-32-14-16-36)25(29(37)31-3)27(18)38-24-11-10-23-22(26(24)30)17-19(2)34-23/h4,6-12,17-18,32,34H,5,13-16H2,1-3H3,(H,31,37)(H,33,35). The Balaban J connectivity index is 1.50. The van der Waals surface area contributed by atoms with E-state index in [1.54, 1.807) is 31.4 Å². The smallest absolute Gasteiger partial charge is 0.258 e. The molecule has 0 radical (unpaired) electrons. The minimum Gasteiger partial charge on any atom is -0.457 e. The van der Waals surface area contributed by atoms with E-state index in [0.29, 0.717) is 28.9 Å². The largest absolute Gasteiger partial charge is 0.457 e. The average Bonchev–Trinajstić information content (AvgIpc) is 3.32. The molecule has 9 heteroatoms. The lowest BCUT2D eigenvalue weighted by Crippen LogP contribution is -2.43. The van der Waals surface area contributed by atoms with Crippen LogP contribution in [-0.2, 0) is 4.79 Å². The Bertz CT molecular complexity index is 1420. The van der Waals surface area contributed by atoms with Crippen LogP contribution in [0.4, 0.5) is 15.8 Å². The molecule has 1 atom stereocenters. The van der Waals surface area contributed by atoms with Crippen molar-refractivity contribution in [3.8, 4) is 5.75 Å². The Hall–Kier alpha value is -4.11. The molecule has 0 spiro atoms. The fourth-order valence-corrected chi connectivity index (χ4v) is 4.82. The summed E-state index contributed by atoms with van der Waals surface area (Å²) in [5.41, 5.74) is 3.70. The Morgan fingerprint density at radius 1 is 1.16 bits per heavy atom. The van der Waals surface area contributed by atoms with Gasteiger partial charge in [-0.05, 0) is 55.8 Å². The molecule has 1 fully saturated rings. The van der Waals surface area contributed by atoms with Gasteiger partial charge < -0.3 is 30.6 Å². The number of fused-ring (bicyclic) bond motifs is 1. The number of anilines is 2. The van der Waals surface area contributed by atoms with Crippen molar-refractivity contribution in [1.29, 1.82) is 0 Å². The second-order valence-corrected chi connectivity index (χ2v) is 9.62. The maximum absolute atomic E-state index is 15.5. The van der Waals surface area contributed by atoms with E-state index >= 15 is 4.39 Å². The number of nitrogens with zero attached hydrogens (tertiary/aromatic N) is 2. The fraction of sp³-hybridized carbons (Fsp3) is 0.310. The molecule has 0 aliphatic carbocycles. The first-order valence-corrected chi connectivity index (χ1v) is 12.9. The average molecular weight is 517 g/mol. The summed E-state index contributed by atoms with van der Waals surface area (Å²) in [4.78, 5) is 23.3. The van der Waals surface area contributed by atoms with Gasteiger partial charge in [-0.3, -0.25) is 4.79 Å². The van der Waals surface area contributed by atoms with Crippen LogP contribution in [0.2, 0.25) is 0 Å². The van der Waals surface area contributed by atoms with Crippen molar-refractivity contribution in [2.75, 3.05) is 43.4 Å². The maximum Gasteiger partial charge on any atom is 0.258 e. The number of aromatic nitrogens is 1. The predicted molar refractivity (Wildman–Crippen MR) is 150 cm³/mol. The third-order valence-electron chi connectivity index (χ3n) is 6.85. The van der Waals surface area contributed by atoms with Crippen LogP contribution in [0.3, 0.4) is 0 Å². The number of ether oxygens (including phenoxy) is 1. The molecule has 2 aromatic carbocycles. The van der Waals surface area contributed by atoms with Gasteiger partial charge in [-0.15, -0.1) is 0 Å². The van der Waals surface area contributed by atoms with E-state index in [1.165, 1.54) is 0 Å². The van der Waals surface area contributed by atoms with Crippen molar-refractivity contribution in [2.45, 2.75) is 20.3 Å². The van der Waals surface area contributed by atoms with E-state index < -0.39 is 5.82 Å². The lowest BCUT2D eigenvalue weighted by Gasteiger charge is -2.29. The first kappa shape index (κ1) is 25.5. The summed E-state index contributed by atoms with van der Waals surface area (Å²) in [6.07, 6.45) is 4.18. The quantitative estimate of drug-likeness (QED) is 0.402. The number of carbonyl (C=O) groups excluding carboxylic acids is 1. The van der Waals surface area contributed by atoms with Crippen LogP contribution in [0.5, 0.6) is 5.75 Å². The van der Waals surface area contributed by atoms with Crippen LogP contribution in [0.1, 0.15) is 19.0 Å². The van der Waals surface area contributed by atoms with Gasteiger partial charge >= 0.3 is 0 Å². The van der Waals surface area contributed by atoms with Crippen molar-refractivity contribution in [2.24, 2.45) is 10.9 Å². The number of benzene rings is 2. The molecular weight excluding hydrogens is 483 g/mol. The van der Waals surface area contributed by atoms with Crippen molar-refractivity contribution < 1.29 is 13.9 Å². The summed E-state index contributed by atoms with van der Waals surface area (Å²) >= 11 is 0. The molecule has 2 aliphatic rings. The molecule has 5 rings (SSSR count). The highest BCUT2D eigenvalue weighted by molar-refractivity contribution is 6.25. The number of rotatable bonds is 5. The number of carbonyl (C=O) groups is 1. The van der Waals surface area contributed by atoms with E-state index in [9.17, 15) is 4.79 Å². The van der Waals surface area contributed by atoms with E-state index in [4.69, 9.17) is 4.74 Å². The third-order valence-corrected chi connectivity index (χ3v) is 6.85. The summed E-state index contributed by atoms with van der Waals surface area (Å²) in [7, 11) is 1.56. The molecule has 4 N–H and O–H groups in total. The van der Waals surface area contributed by atoms with Gasteiger partial charge in [-0.25, -0.2) is 9.38 Å². The number of amidine groups is 1. The maximum atomic E-state index is 15.5. The summed E-state index contributed by atoms with van der Waals surface area (Å²) in [6.45, 7) is 7.65. The zero-order valence-electron chi connectivity index (χ0n) is 21.9. The fourth-order valence-electron chi connectivity index (χ4n) is 4.82.